The molecule has 0 radical (unpaired) electrons. The lowest BCUT2D eigenvalue weighted by Gasteiger charge is -2.12. The van der Waals surface area contributed by atoms with Gasteiger partial charge in [0.25, 0.3) is 5.91 Å². The third-order valence-corrected chi connectivity index (χ3v) is 5.28. The number of anilines is 1. The predicted octanol–water partition coefficient (Wildman–Crippen LogP) is 3.32. The first-order valence-electron chi connectivity index (χ1n) is 7.82. The lowest BCUT2D eigenvalue weighted by atomic mass is 10.2. The van der Waals surface area contributed by atoms with Crippen LogP contribution in [0.5, 0.6) is 0 Å². The maximum Gasteiger partial charge on any atom is 0.255 e. The van der Waals surface area contributed by atoms with Crippen molar-refractivity contribution in [2.45, 2.75) is 38.1 Å². The van der Waals surface area contributed by atoms with Crippen LogP contribution in [-0.4, -0.2) is 20.4 Å². The maximum absolute atomic E-state index is 12.2. The van der Waals surface area contributed by atoms with E-state index in [9.17, 15) is 13.2 Å². The summed E-state index contributed by atoms with van der Waals surface area (Å²) in [5.74, 6) is -0.278. The lowest BCUT2D eigenvalue weighted by Crippen LogP contribution is -2.32. The zero-order chi connectivity index (χ0) is 17.7. The van der Waals surface area contributed by atoms with Crippen molar-refractivity contribution in [3.8, 4) is 0 Å². The van der Waals surface area contributed by atoms with Gasteiger partial charge < -0.3 is 5.32 Å². The highest BCUT2D eigenvalue weighted by molar-refractivity contribution is 7.89. The van der Waals surface area contributed by atoms with E-state index in [1.807, 2.05) is 32.0 Å². The van der Waals surface area contributed by atoms with Crippen LogP contribution in [-0.2, 0) is 10.0 Å². The molecular weight excluding hydrogens is 324 g/mol. The molecule has 0 saturated carbocycles. The highest BCUT2D eigenvalue weighted by Crippen LogP contribution is 2.14. The van der Waals surface area contributed by atoms with E-state index in [2.05, 4.69) is 10.0 Å². The fourth-order valence-electron chi connectivity index (χ4n) is 2.13. The smallest absolute Gasteiger partial charge is 0.255 e. The van der Waals surface area contributed by atoms with Crippen LogP contribution in [0.2, 0.25) is 0 Å². The van der Waals surface area contributed by atoms with E-state index < -0.39 is 10.0 Å². The van der Waals surface area contributed by atoms with E-state index in [1.165, 1.54) is 24.3 Å². The second-order valence-corrected chi connectivity index (χ2v) is 7.49. The van der Waals surface area contributed by atoms with E-state index in [4.69, 9.17) is 0 Å². The molecule has 5 nitrogen and oxygen atoms in total. The summed E-state index contributed by atoms with van der Waals surface area (Å²) in [6, 6.07) is 13.2. The zero-order valence-corrected chi connectivity index (χ0v) is 14.9. The first kappa shape index (κ1) is 18.2. The average molecular weight is 346 g/mol. The van der Waals surface area contributed by atoms with E-state index in [-0.39, 0.29) is 16.8 Å². The molecule has 2 aromatic carbocycles. The minimum Gasteiger partial charge on any atom is -0.322 e. The Balaban J connectivity index is 2.12. The molecule has 24 heavy (non-hydrogen) atoms. The first-order chi connectivity index (χ1) is 11.3. The Kier molecular flexibility index (Phi) is 5.75. The van der Waals surface area contributed by atoms with Crippen molar-refractivity contribution in [2.24, 2.45) is 0 Å². The van der Waals surface area contributed by atoms with Crippen molar-refractivity contribution in [3.63, 3.8) is 0 Å². The van der Waals surface area contributed by atoms with Gasteiger partial charge in [0, 0.05) is 17.3 Å². The van der Waals surface area contributed by atoms with Gasteiger partial charge in [-0.2, -0.15) is 0 Å². The molecule has 2 N–H and O–H groups in total. The third-order valence-electron chi connectivity index (χ3n) is 3.67. The summed E-state index contributed by atoms with van der Waals surface area (Å²) in [4.78, 5) is 12.4. The van der Waals surface area contributed by atoms with Gasteiger partial charge in [0.15, 0.2) is 0 Å². The summed E-state index contributed by atoms with van der Waals surface area (Å²) in [6.07, 6.45) is 0.705. The van der Waals surface area contributed by atoms with Gasteiger partial charge in [-0.3, -0.25) is 4.79 Å². The summed E-state index contributed by atoms with van der Waals surface area (Å²) in [5, 5.41) is 2.79. The molecule has 0 bridgehead atoms. The number of hydrogen-bond donors (Lipinski definition) is 2. The lowest BCUT2D eigenvalue weighted by molar-refractivity contribution is 0.102. The highest BCUT2D eigenvalue weighted by atomic mass is 32.2. The second kappa shape index (κ2) is 7.59. The van der Waals surface area contributed by atoms with Gasteiger partial charge in [-0.1, -0.05) is 19.1 Å². The van der Waals surface area contributed by atoms with Crippen LogP contribution in [0.1, 0.15) is 36.2 Å². The fourth-order valence-corrected chi connectivity index (χ4v) is 3.45. The minimum absolute atomic E-state index is 0.140. The molecule has 2 rings (SSSR count). The number of hydrogen-bond acceptors (Lipinski definition) is 3. The van der Waals surface area contributed by atoms with Crippen molar-refractivity contribution in [3.05, 3.63) is 59.7 Å². The summed E-state index contributed by atoms with van der Waals surface area (Å²) in [7, 11) is -3.56. The number of carbonyl (C=O) groups excluding carboxylic acids is 1. The van der Waals surface area contributed by atoms with Crippen molar-refractivity contribution in [1.29, 1.82) is 0 Å². The molecule has 2 aromatic rings. The van der Waals surface area contributed by atoms with Gasteiger partial charge >= 0.3 is 0 Å². The second-order valence-electron chi connectivity index (χ2n) is 5.78. The van der Waals surface area contributed by atoms with Crippen LogP contribution in [0.15, 0.2) is 53.4 Å². The van der Waals surface area contributed by atoms with Gasteiger partial charge in [0.05, 0.1) is 4.90 Å². The van der Waals surface area contributed by atoms with Crippen LogP contribution in [0, 0.1) is 6.92 Å². The van der Waals surface area contributed by atoms with Crippen LogP contribution in [0.4, 0.5) is 5.69 Å². The summed E-state index contributed by atoms with van der Waals surface area (Å²) in [5.41, 5.74) is 2.15. The summed E-state index contributed by atoms with van der Waals surface area (Å²) in [6.45, 7) is 5.66. The fraction of sp³-hybridized carbons (Fsp3) is 0.278. The molecule has 6 heteroatoms. The Labute approximate surface area is 143 Å². The molecule has 0 fully saturated rings. The number of benzene rings is 2. The molecule has 0 saturated heterocycles. The monoisotopic (exact) mass is 346 g/mol. The quantitative estimate of drug-likeness (QED) is 0.842. The highest BCUT2D eigenvalue weighted by Gasteiger charge is 2.17. The molecule has 0 unspecified atom stereocenters. The standard InChI is InChI=1S/C18H22N2O3S/c1-4-14(3)20-24(22,23)17-10-8-15(9-11-17)18(21)19-16-7-5-6-13(2)12-16/h5-12,14,20H,4H2,1-3H3,(H,19,21)/t14-/m1/s1. The summed E-state index contributed by atoms with van der Waals surface area (Å²) >= 11 is 0. The first-order valence-corrected chi connectivity index (χ1v) is 9.30. The van der Waals surface area contributed by atoms with Gasteiger partial charge in [-0.25, -0.2) is 13.1 Å². The zero-order valence-electron chi connectivity index (χ0n) is 14.0. The summed E-state index contributed by atoms with van der Waals surface area (Å²) < 4.78 is 27.0. The van der Waals surface area contributed by atoms with E-state index in [0.29, 0.717) is 17.7 Å². The number of amides is 1. The van der Waals surface area contributed by atoms with Crippen molar-refractivity contribution >= 4 is 21.6 Å². The average Bonchev–Trinajstić information content (AvgIpc) is 2.54. The molecule has 0 aliphatic carbocycles. The molecule has 0 aliphatic heterocycles. The number of nitrogens with one attached hydrogen (secondary N) is 2. The van der Waals surface area contributed by atoms with Crippen LogP contribution < -0.4 is 10.0 Å². The Morgan fingerprint density at radius 1 is 1.12 bits per heavy atom. The number of sulfonamides is 1. The number of rotatable bonds is 6. The van der Waals surface area contributed by atoms with Crippen molar-refractivity contribution in [1.82, 2.24) is 4.72 Å². The minimum atomic E-state index is -3.56. The van der Waals surface area contributed by atoms with Gasteiger partial charge in [0.1, 0.15) is 0 Å². The van der Waals surface area contributed by atoms with Gasteiger partial charge in [0.2, 0.25) is 10.0 Å². The van der Waals surface area contributed by atoms with Gasteiger partial charge in [-0.15, -0.1) is 0 Å². The Morgan fingerprint density at radius 2 is 1.79 bits per heavy atom. The predicted molar refractivity (Wildman–Crippen MR) is 95.6 cm³/mol. The van der Waals surface area contributed by atoms with Gasteiger partial charge in [-0.05, 0) is 62.2 Å². The molecule has 0 heterocycles. The van der Waals surface area contributed by atoms with Crippen LogP contribution in [0.25, 0.3) is 0 Å². The Hall–Kier alpha value is -2.18. The molecule has 0 aromatic heterocycles. The largest absolute Gasteiger partial charge is 0.322 e. The van der Waals surface area contributed by atoms with Crippen LogP contribution >= 0.6 is 0 Å². The van der Waals surface area contributed by atoms with Crippen LogP contribution in [0.3, 0.4) is 0 Å². The Bertz CT molecular complexity index is 814. The molecule has 1 amide bonds. The molecular formula is C18H22N2O3S. The Morgan fingerprint density at radius 3 is 2.38 bits per heavy atom. The van der Waals surface area contributed by atoms with E-state index >= 15 is 0 Å². The SMILES string of the molecule is CC[C@@H](C)NS(=O)(=O)c1ccc(C(=O)Nc2cccc(C)c2)cc1. The molecule has 0 aliphatic rings. The topological polar surface area (TPSA) is 75.3 Å². The van der Waals surface area contributed by atoms with Crippen molar-refractivity contribution in [2.75, 3.05) is 5.32 Å². The van der Waals surface area contributed by atoms with E-state index in [0.717, 1.165) is 5.56 Å². The molecule has 1 atom stereocenters. The third kappa shape index (κ3) is 4.66. The van der Waals surface area contributed by atoms with Crippen molar-refractivity contribution < 1.29 is 13.2 Å². The number of aryl methyl sites for hydroxylation is 1. The molecule has 128 valence electrons. The maximum atomic E-state index is 12.2. The number of carbonyl (C=O) groups is 1. The normalized spacial score (nSPS) is 12.6. The molecule has 0 spiro atoms. The van der Waals surface area contributed by atoms with E-state index in [1.54, 1.807) is 13.0 Å².